The summed E-state index contributed by atoms with van der Waals surface area (Å²) in [5.74, 6) is 0. The predicted molar refractivity (Wildman–Crippen MR) is 127 cm³/mol. The number of methoxy groups -OCH3 is 1. The minimum atomic E-state index is 0.0823. The summed E-state index contributed by atoms with van der Waals surface area (Å²) < 4.78 is 10.3. The molecule has 0 spiro atoms. The molecule has 1 aromatic rings. The van der Waals surface area contributed by atoms with Crippen molar-refractivity contribution in [3.05, 3.63) is 58.7 Å². The van der Waals surface area contributed by atoms with E-state index in [1.54, 1.807) is 13.2 Å². The van der Waals surface area contributed by atoms with Crippen LogP contribution in [0.25, 0.3) is 6.08 Å². The number of nitrogens with zero attached hydrogens (tertiary/aromatic N) is 1. The highest BCUT2D eigenvalue weighted by atomic mass is 16.7. The Hall–Kier alpha value is -2.21. The molecule has 0 bridgehead atoms. The fourth-order valence-electron chi connectivity index (χ4n) is 4.13. The number of rotatable bonds is 12. The summed E-state index contributed by atoms with van der Waals surface area (Å²) in [6.45, 7) is 9.32. The SMILES string of the molecule is CCN(CCOCOC)c1ccc(/C=C/C2=C(CCO)C(=C\C=O)/CC(C)(C)C2)cc1. The van der Waals surface area contributed by atoms with Crippen molar-refractivity contribution in [3.8, 4) is 0 Å². The van der Waals surface area contributed by atoms with Crippen LogP contribution in [0.1, 0.15) is 45.6 Å². The Bertz CT molecular complexity index is 790. The Kier molecular flexibility index (Phi) is 10.2. The van der Waals surface area contributed by atoms with E-state index in [-0.39, 0.29) is 12.0 Å². The summed E-state index contributed by atoms with van der Waals surface area (Å²) in [4.78, 5) is 13.4. The lowest BCUT2D eigenvalue weighted by molar-refractivity contribution is -0.104. The van der Waals surface area contributed by atoms with Crippen LogP contribution in [-0.2, 0) is 14.3 Å². The highest BCUT2D eigenvalue weighted by Gasteiger charge is 2.28. The average Bonchev–Trinajstić information content (AvgIpc) is 2.75. The van der Waals surface area contributed by atoms with E-state index in [1.807, 2.05) is 0 Å². The van der Waals surface area contributed by atoms with Gasteiger partial charge in [-0.3, -0.25) is 4.79 Å². The summed E-state index contributed by atoms with van der Waals surface area (Å²) in [6, 6.07) is 8.50. The molecule has 5 nitrogen and oxygen atoms in total. The number of aliphatic hydroxyl groups excluding tert-OH is 1. The molecular weight excluding hydrogens is 390 g/mol. The van der Waals surface area contributed by atoms with Gasteiger partial charge in [0.25, 0.3) is 0 Å². The number of allylic oxidation sites excluding steroid dienone is 4. The van der Waals surface area contributed by atoms with Crippen molar-refractivity contribution in [1.82, 2.24) is 0 Å². The van der Waals surface area contributed by atoms with Crippen LogP contribution in [0.3, 0.4) is 0 Å². The average molecular weight is 428 g/mol. The number of hydrogen-bond acceptors (Lipinski definition) is 5. The topological polar surface area (TPSA) is 59.0 Å². The summed E-state index contributed by atoms with van der Waals surface area (Å²) >= 11 is 0. The largest absolute Gasteiger partial charge is 0.396 e. The molecule has 170 valence electrons. The summed E-state index contributed by atoms with van der Waals surface area (Å²) in [7, 11) is 1.63. The van der Waals surface area contributed by atoms with Crippen molar-refractivity contribution in [1.29, 1.82) is 0 Å². The van der Waals surface area contributed by atoms with Gasteiger partial charge in [0.2, 0.25) is 0 Å². The molecular formula is C26H37NO4. The van der Waals surface area contributed by atoms with Gasteiger partial charge in [-0.2, -0.15) is 0 Å². The zero-order valence-electron chi connectivity index (χ0n) is 19.4. The molecule has 0 aliphatic heterocycles. The number of anilines is 1. The molecule has 0 amide bonds. The van der Waals surface area contributed by atoms with Crippen LogP contribution in [0.15, 0.2) is 53.1 Å². The van der Waals surface area contributed by atoms with Crippen molar-refractivity contribution in [2.45, 2.75) is 40.0 Å². The van der Waals surface area contributed by atoms with Crippen LogP contribution in [0.2, 0.25) is 0 Å². The Balaban J connectivity index is 2.17. The first-order chi connectivity index (χ1) is 14.9. The monoisotopic (exact) mass is 427 g/mol. The lowest BCUT2D eigenvalue weighted by Gasteiger charge is -2.34. The van der Waals surface area contributed by atoms with E-state index in [2.05, 4.69) is 62.1 Å². The quantitative estimate of drug-likeness (QED) is 0.225. The van der Waals surface area contributed by atoms with Crippen LogP contribution in [0, 0.1) is 5.41 Å². The van der Waals surface area contributed by atoms with Crippen molar-refractivity contribution in [3.63, 3.8) is 0 Å². The van der Waals surface area contributed by atoms with Gasteiger partial charge >= 0.3 is 0 Å². The van der Waals surface area contributed by atoms with E-state index >= 15 is 0 Å². The number of hydrogen-bond donors (Lipinski definition) is 1. The van der Waals surface area contributed by atoms with Gasteiger partial charge in [0.05, 0.1) is 6.61 Å². The van der Waals surface area contributed by atoms with Gasteiger partial charge in [0.15, 0.2) is 0 Å². The van der Waals surface area contributed by atoms with Crippen LogP contribution in [-0.4, -0.2) is 51.6 Å². The van der Waals surface area contributed by atoms with Gasteiger partial charge in [-0.25, -0.2) is 0 Å². The zero-order chi connectivity index (χ0) is 22.7. The minimum absolute atomic E-state index is 0.0823. The molecule has 2 rings (SSSR count). The summed E-state index contributed by atoms with van der Waals surface area (Å²) in [5.41, 5.74) is 5.73. The van der Waals surface area contributed by atoms with Crippen molar-refractivity contribution >= 4 is 18.0 Å². The molecule has 31 heavy (non-hydrogen) atoms. The molecule has 0 aromatic heterocycles. The van der Waals surface area contributed by atoms with Crippen molar-refractivity contribution < 1.29 is 19.4 Å². The standard InChI is InChI=1S/C26H37NO4/c1-5-27(14-17-31-20-30-4)24-10-7-21(8-11-24)6-9-22-18-26(2,3)19-23(12-15-28)25(22)13-16-29/h6-12,15,29H,5,13-14,16-20H2,1-4H3/b9-6+,23-12-. The molecule has 0 unspecified atom stereocenters. The maximum Gasteiger partial charge on any atom is 0.146 e. The second-order valence-corrected chi connectivity index (χ2v) is 8.64. The summed E-state index contributed by atoms with van der Waals surface area (Å²) in [6.07, 6.45) is 9.14. The second kappa shape index (κ2) is 12.6. The summed E-state index contributed by atoms with van der Waals surface area (Å²) in [5, 5.41) is 9.54. The van der Waals surface area contributed by atoms with E-state index in [4.69, 9.17) is 9.47 Å². The van der Waals surface area contributed by atoms with Gasteiger partial charge in [0, 0.05) is 32.5 Å². The van der Waals surface area contributed by atoms with Crippen LogP contribution in [0.5, 0.6) is 0 Å². The zero-order valence-corrected chi connectivity index (χ0v) is 19.4. The molecule has 0 atom stereocenters. The normalized spacial score (nSPS) is 17.5. The van der Waals surface area contributed by atoms with Crippen LogP contribution >= 0.6 is 0 Å². The smallest absolute Gasteiger partial charge is 0.146 e. The van der Waals surface area contributed by atoms with Gasteiger partial charge in [-0.05, 0) is 72.1 Å². The molecule has 1 aliphatic carbocycles. The van der Waals surface area contributed by atoms with Gasteiger partial charge in [0.1, 0.15) is 13.1 Å². The maximum absolute atomic E-state index is 11.1. The first kappa shape index (κ1) is 25.1. The molecule has 0 saturated heterocycles. The number of carbonyl (C=O) groups is 1. The van der Waals surface area contributed by atoms with E-state index in [1.165, 1.54) is 5.57 Å². The number of ether oxygens (including phenoxy) is 2. The van der Waals surface area contributed by atoms with Crippen LogP contribution in [0.4, 0.5) is 5.69 Å². The van der Waals surface area contributed by atoms with Gasteiger partial charge < -0.3 is 19.5 Å². The third-order valence-electron chi connectivity index (χ3n) is 5.57. The van der Waals surface area contributed by atoms with Gasteiger partial charge in [-0.1, -0.05) is 38.1 Å². The number of aldehydes is 1. The third-order valence-corrected chi connectivity index (χ3v) is 5.57. The third kappa shape index (κ3) is 7.76. The lowest BCUT2D eigenvalue weighted by Crippen LogP contribution is -2.27. The molecule has 0 heterocycles. The number of carbonyl (C=O) groups excluding carboxylic acids is 1. The molecule has 5 heteroatoms. The minimum Gasteiger partial charge on any atom is -0.396 e. The lowest BCUT2D eigenvalue weighted by atomic mass is 9.71. The van der Waals surface area contributed by atoms with Gasteiger partial charge in [-0.15, -0.1) is 0 Å². The van der Waals surface area contributed by atoms with E-state index in [0.29, 0.717) is 19.8 Å². The maximum atomic E-state index is 11.1. The molecule has 0 saturated carbocycles. The Morgan fingerprint density at radius 1 is 1.16 bits per heavy atom. The molecule has 1 aliphatic rings. The van der Waals surface area contributed by atoms with E-state index < -0.39 is 0 Å². The Morgan fingerprint density at radius 2 is 1.90 bits per heavy atom. The van der Waals surface area contributed by atoms with Crippen LogP contribution < -0.4 is 4.90 Å². The molecule has 0 fully saturated rings. The number of benzene rings is 1. The number of likely N-dealkylation sites (N-methyl/N-ethyl adjacent to an activating group) is 1. The Labute approximate surface area is 187 Å². The van der Waals surface area contributed by atoms with E-state index in [9.17, 15) is 9.90 Å². The van der Waals surface area contributed by atoms with Crippen molar-refractivity contribution in [2.24, 2.45) is 5.41 Å². The second-order valence-electron chi connectivity index (χ2n) is 8.64. The first-order valence-electron chi connectivity index (χ1n) is 11.0. The molecule has 0 radical (unpaired) electrons. The van der Waals surface area contributed by atoms with E-state index in [0.717, 1.165) is 54.6 Å². The fourth-order valence-corrected chi connectivity index (χ4v) is 4.13. The predicted octanol–water partition coefficient (Wildman–Crippen LogP) is 4.77. The Morgan fingerprint density at radius 3 is 2.52 bits per heavy atom. The van der Waals surface area contributed by atoms with Crippen molar-refractivity contribution in [2.75, 3.05) is 45.1 Å². The molecule has 1 N–H and O–H groups in total. The molecule has 1 aromatic carbocycles. The highest BCUT2D eigenvalue weighted by molar-refractivity contribution is 5.69. The fraction of sp³-hybridized carbons (Fsp3) is 0.500. The number of aliphatic hydroxyl groups is 1. The first-order valence-corrected chi connectivity index (χ1v) is 11.0. The highest BCUT2D eigenvalue weighted by Crippen LogP contribution is 2.43.